The van der Waals surface area contributed by atoms with Crippen molar-refractivity contribution in [2.45, 2.75) is 51.0 Å². The highest BCUT2D eigenvalue weighted by molar-refractivity contribution is 5.91. The van der Waals surface area contributed by atoms with Crippen LogP contribution in [0.5, 0.6) is 0 Å². The van der Waals surface area contributed by atoms with E-state index in [4.69, 9.17) is 4.74 Å². The van der Waals surface area contributed by atoms with Gasteiger partial charge in [-0.25, -0.2) is 0 Å². The molecule has 5 rings (SSSR count). The summed E-state index contributed by atoms with van der Waals surface area (Å²) in [5.41, 5.74) is 1.37. The first kappa shape index (κ1) is 15.3. The molecule has 5 aliphatic rings. The number of ketones is 2. The number of carbonyl (C=O) groups is 2. The predicted molar refractivity (Wildman–Crippen MR) is 87.1 cm³/mol. The van der Waals surface area contributed by atoms with Gasteiger partial charge in [0.15, 0.2) is 11.6 Å². The molecular weight excluding hydrogens is 304 g/mol. The second-order valence-electron chi connectivity index (χ2n) is 8.76. The van der Waals surface area contributed by atoms with E-state index in [0.717, 1.165) is 38.5 Å². The largest absolute Gasteiger partial charge is 0.389 e. The second-order valence-corrected chi connectivity index (χ2v) is 8.76. The summed E-state index contributed by atoms with van der Waals surface area (Å²) in [6.45, 7) is 0.381. The second kappa shape index (κ2) is 5.25. The van der Waals surface area contributed by atoms with E-state index in [1.165, 1.54) is 5.57 Å². The van der Waals surface area contributed by atoms with Crippen LogP contribution in [0.1, 0.15) is 44.9 Å². The molecule has 24 heavy (non-hydrogen) atoms. The number of aliphatic hydroxyl groups is 1. The molecule has 4 heteroatoms. The van der Waals surface area contributed by atoms with Crippen molar-refractivity contribution in [2.75, 3.05) is 13.2 Å². The van der Waals surface area contributed by atoms with E-state index in [2.05, 4.69) is 0 Å². The molecule has 1 spiro atoms. The Balaban J connectivity index is 1.50. The molecule has 0 radical (unpaired) electrons. The quantitative estimate of drug-likeness (QED) is 0.844. The molecule has 0 aromatic carbocycles. The minimum Gasteiger partial charge on any atom is -0.389 e. The van der Waals surface area contributed by atoms with Crippen LogP contribution in [0.2, 0.25) is 0 Å². The van der Waals surface area contributed by atoms with Gasteiger partial charge in [-0.1, -0.05) is 5.57 Å². The number of hydrogen-bond acceptors (Lipinski definition) is 4. The van der Waals surface area contributed by atoms with Gasteiger partial charge in [0, 0.05) is 17.8 Å². The fraction of sp³-hybridized carbons (Fsp3) is 0.800. The average Bonchev–Trinajstić information content (AvgIpc) is 3.16. The molecule has 4 nitrogen and oxygen atoms in total. The van der Waals surface area contributed by atoms with Gasteiger partial charge in [0.1, 0.15) is 6.61 Å². The fourth-order valence-electron chi connectivity index (χ4n) is 7.31. The average molecular weight is 330 g/mol. The third-order valence-corrected chi connectivity index (χ3v) is 8.09. The number of hydrogen-bond donors (Lipinski definition) is 1. The molecular formula is C20H26O4. The van der Waals surface area contributed by atoms with Crippen LogP contribution in [0.15, 0.2) is 11.6 Å². The zero-order valence-electron chi connectivity index (χ0n) is 14.1. The molecule has 130 valence electrons. The highest BCUT2D eigenvalue weighted by atomic mass is 16.5. The van der Waals surface area contributed by atoms with E-state index in [-0.39, 0.29) is 29.8 Å². The maximum atomic E-state index is 12.3. The third kappa shape index (κ3) is 1.87. The summed E-state index contributed by atoms with van der Waals surface area (Å²) >= 11 is 0. The van der Waals surface area contributed by atoms with Crippen LogP contribution >= 0.6 is 0 Å². The monoisotopic (exact) mass is 330 g/mol. The summed E-state index contributed by atoms with van der Waals surface area (Å²) in [4.78, 5) is 24.1. The highest BCUT2D eigenvalue weighted by Crippen LogP contribution is 2.67. The number of carbonyl (C=O) groups excluding carboxylic acids is 2. The van der Waals surface area contributed by atoms with Crippen molar-refractivity contribution in [1.82, 2.24) is 0 Å². The van der Waals surface area contributed by atoms with Crippen LogP contribution in [0.3, 0.4) is 0 Å². The van der Waals surface area contributed by atoms with Crippen molar-refractivity contribution in [3.8, 4) is 0 Å². The lowest BCUT2D eigenvalue weighted by atomic mass is 9.51. The summed E-state index contributed by atoms with van der Waals surface area (Å²) in [6, 6.07) is 0. The zero-order valence-corrected chi connectivity index (χ0v) is 14.1. The van der Waals surface area contributed by atoms with Crippen LogP contribution in [0.25, 0.3) is 0 Å². The maximum absolute atomic E-state index is 12.3. The van der Waals surface area contributed by atoms with E-state index in [9.17, 15) is 14.7 Å². The van der Waals surface area contributed by atoms with Gasteiger partial charge in [-0.15, -0.1) is 0 Å². The van der Waals surface area contributed by atoms with Crippen LogP contribution in [-0.2, 0) is 14.3 Å². The van der Waals surface area contributed by atoms with Gasteiger partial charge in [-0.2, -0.15) is 0 Å². The van der Waals surface area contributed by atoms with Gasteiger partial charge in [-0.3, -0.25) is 9.59 Å². The van der Waals surface area contributed by atoms with Crippen molar-refractivity contribution in [1.29, 1.82) is 0 Å². The van der Waals surface area contributed by atoms with Gasteiger partial charge in [-0.05, 0) is 68.3 Å². The van der Waals surface area contributed by atoms with E-state index in [1.54, 1.807) is 0 Å². The molecule has 1 saturated heterocycles. The Labute approximate surface area is 142 Å². The minimum absolute atomic E-state index is 0.00263. The van der Waals surface area contributed by atoms with E-state index < -0.39 is 0 Å². The summed E-state index contributed by atoms with van der Waals surface area (Å²) in [7, 11) is 0. The summed E-state index contributed by atoms with van der Waals surface area (Å²) in [6.07, 6.45) is 9.08. The van der Waals surface area contributed by atoms with Crippen molar-refractivity contribution in [3.63, 3.8) is 0 Å². The Morgan fingerprint density at radius 2 is 2.12 bits per heavy atom. The molecule has 0 aromatic heterocycles. The number of fused-ring (bicyclic) bond motifs is 6. The number of ether oxygens (including phenoxy) is 1. The Hall–Kier alpha value is -1.00. The van der Waals surface area contributed by atoms with Crippen molar-refractivity contribution >= 4 is 11.6 Å². The molecule has 2 bridgehead atoms. The third-order valence-electron chi connectivity index (χ3n) is 8.09. The lowest BCUT2D eigenvalue weighted by molar-refractivity contribution is -0.131. The lowest BCUT2D eigenvalue weighted by Crippen LogP contribution is -2.51. The van der Waals surface area contributed by atoms with E-state index in [0.29, 0.717) is 42.5 Å². The normalized spacial score (nSPS) is 49.2. The fourth-order valence-corrected chi connectivity index (χ4v) is 7.31. The van der Waals surface area contributed by atoms with Crippen LogP contribution in [-0.4, -0.2) is 36.0 Å². The predicted octanol–water partition coefficient (Wildman–Crippen LogP) is 2.29. The van der Waals surface area contributed by atoms with Gasteiger partial charge in [0.05, 0.1) is 12.7 Å². The number of allylic oxidation sites excluding steroid dienone is 1. The summed E-state index contributed by atoms with van der Waals surface area (Å²) in [5, 5.41) is 9.39. The standard InChI is InChI=1S/C20H26O4/c21-9-17(23)16-6-5-15-14-3-1-11-7-12(22)2-4-13(11)19(14)18-8-20(15,16)10-24-18/h7,13-16,18-19,21H,1-6,8-10H2/t13-,14-,15-,16?,18?,19+,20+/m0/s1. The van der Waals surface area contributed by atoms with Gasteiger partial charge < -0.3 is 9.84 Å². The number of aliphatic hydroxyl groups excluding tert-OH is 1. The first-order valence-corrected chi connectivity index (χ1v) is 9.62. The molecule has 1 aliphatic heterocycles. The number of rotatable bonds is 2. The molecule has 7 atom stereocenters. The van der Waals surface area contributed by atoms with Gasteiger partial charge >= 0.3 is 0 Å². The van der Waals surface area contributed by atoms with Crippen molar-refractivity contribution in [2.24, 2.45) is 35.0 Å². The van der Waals surface area contributed by atoms with Gasteiger partial charge in [0.25, 0.3) is 0 Å². The van der Waals surface area contributed by atoms with Crippen LogP contribution < -0.4 is 0 Å². The van der Waals surface area contributed by atoms with E-state index >= 15 is 0 Å². The summed E-state index contributed by atoms with van der Waals surface area (Å²) in [5.74, 6) is 2.60. The Kier molecular flexibility index (Phi) is 3.34. The van der Waals surface area contributed by atoms with Crippen molar-refractivity contribution in [3.05, 3.63) is 11.6 Å². The number of Topliss-reactive ketones (excluding diaryl/α,β-unsaturated/α-hetero) is 1. The SMILES string of the molecule is O=C1C=C2CC[C@@H]3[C@H](C4C[C@]5(CO4)C(C(=O)CO)CC[C@@H]35)[C@H]2CC1. The van der Waals surface area contributed by atoms with Gasteiger partial charge in [0.2, 0.25) is 0 Å². The molecule has 4 fully saturated rings. The first-order chi connectivity index (χ1) is 11.6. The first-order valence-electron chi connectivity index (χ1n) is 9.62. The molecule has 2 unspecified atom stereocenters. The highest BCUT2D eigenvalue weighted by Gasteiger charge is 2.66. The van der Waals surface area contributed by atoms with Crippen LogP contribution in [0.4, 0.5) is 0 Å². The Morgan fingerprint density at radius 3 is 2.96 bits per heavy atom. The molecule has 0 aromatic rings. The topological polar surface area (TPSA) is 63.6 Å². The lowest BCUT2D eigenvalue weighted by Gasteiger charge is -2.52. The maximum Gasteiger partial charge on any atom is 0.161 e. The van der Waals surface area contributed by atoms with Crippen molar-refractivity contribution < 1.29 is 19.4 Å². The molecule has 3 saturated carbocycles. The smallest absolute Gasteiger partial charge is 0.161 e. The Bertz CT molecular complexity index is 623. The molecule has 0 amide bonds. The Morgan fingerprint density at radius 1 is 1.25 bits per heavy atom. The molecule has 1 N–H and O–H groups in total. The van der Waals surface area contributed by atoms with Crippen LogP contribution in [0, 0.1) is 35.0 Å². The molecule has 1 heterocycles. The zero-order chi connectivity index (χ0) is 16.5. The molecule has 4 aliphatic carbocycles. The van der Waals surface area contributed by atoms with E-state index in [1.807, 2.05) is 6.08 Å². The minimum atomic E-state index is -0.324. The summed E-state index contributed by atoms with van der Waals surface area (Å²) < 4.78 is 6.31.